The van der Waals surface area contributed by atoms with E-state index in [9.17, 15) is 26.4 Å². The van der Waals surface area contributed by atoms with Crippen molar-refractivity contribution in [3.05, 3.63) is 24.3 Å². The zero-order valence-corrected chi connectivity index (χ0v) is 11.7. The number of sulfonamides is 1. The molecule has 0 aliphatic carbocycles. The third-order valence-corrected chi connectivity index (χ3v) is 3.66. The maximum Gasteiger partial charge on any atom is 0.573 e. The van der Waals surface area contributed by atoms with Gasteiger partial charge >= 0.3 is 6.36 Å². The Balaban J connectivity index is 2.85. The molecule has 0 atom stereocenters. The molecule has 1 aromatic rings. The van der Waals surface area contributed by atoms with E-state index in [1.54, 1.807) is 0 Å². The van der Waals surface area contributed by atoms with Gasteiger partial charge in [-0.1, -0.05) is 12.1 Å². The zero-order valence-electron chi connectivity index (χ0n) is 10.9. The molecule has 0 radical (unpaired) electrons. The Labute approximate surface area is 119 Å². The summed E-state index contributed by atoms with van der Waals surface area (Å²) in [6, 6.07) is 4.38. The third-order valence-electron chi connectivity index (χ3n) is 2.16. The van der Waals surface area contributed by atoms with Gasteiger partial charge in [-0.25, -0.2) is 13.1 Å². The highest BCUT2D eigenvalue weighted by atomic mass is 32.2. The minimum absolute atomic E-state index is 0.0108. The van der Waals surface area contributed by atoms with Crippen LogP contribution < -0.4 is 14.8 Å². The Hall–Kier alpha value is -1.81. The molecule has 1 aromatic carbocycles. The molecule has 21 heavy (non-hydrogen) atoms. The van der Waals surface area contributed by atoms with Gasteiger partial charge in [0.1, 0.15) is 10.6 Å². The van der Waals surface area contributed by atoms with E-state index in [2.05, 4.69) is 14.8 Å². The van der Waals surface area contributed by atoms with Gasteiger partial charge in [0.2, 0.25) is 15.9 Å². The number of hydrogen-bond acceptors (Lipinski definition) is 4. The van der Waals surface area contributed by atoms with Crippen LogP contribution in [0.15, 0.2) is 29.2 Å². The van der Waals surface area contributed by atoms with Crippen molar-refractivity contribution in [2.45, 2.75) is 18.2 Å². The molecular formula is C11H13F3N2O4S. The van der Waals surface area contributed by atoms with Crippen LogP contribution in [0.4, 0.5) is 13.2 Å². The van der Waals surface area contributed by atoms with Crippen molar-refractivity contribution in [3.8, 4) is 5.75 Å². The van der Waals surface area contributed by atoms with Crippen molar-refractivity contribution in [3.63, 3.8) is 0 Å². The second-order valence-electron chi connectivity index (χ2n) is 3.88. The first-order valence-electron chi connectivity index (χ1n) is 5.71. The monoisotopic (exact) mass is 326 g/mol. The maximum atomic E-state index is 12.2. The lowest BCUT2D eigenvalue weighted by Crippen LogP contribution is -2.34. The van der Waals surface area contributed by atoms with Gasteiger partial charge in [0.25, 0.3) is 0 Å². The van der Waals surface area contributed by atoms with E-state index in [4.69, 9.17) is 0 Å². The Bertz CT molecular complexity index is 602. The Morgan fingerprint density at radius 3 is 2.43 bits per heavy atom. The highest BCUT2D eigenvalue weighted by Gasteiger charge is 2.33. The summed E-state index contributed by atoms with van der Waals surface area (Å²) in [5.74, 6) is -1.17. The summed E-state index contributed by atoms with van der Waals surface area (Å²) in [5, 5.41) is 2.35. The molecule has 0 unspecified atom stereocenters. The maximum absolute atomic E-state index is 12.2. The molecule has 0 saturated heterocycles. The second kappa shape index (κ2) is 6.76. The molecule has 1 rings (SSSR count). The molecule has 0 spiro atoms. The van der Waals surface area contributed by atoms with Gasteiger partial charge in [-0.3, -0.25) is 4.79 Å². The summed E-state index contributed by atoms with van der Waals surface area (Å²) < 4.78 is 66.2. The van der Waals surface area contributed by atoms with E-state index in [1.165, 1.54) is 19.1 Å². The SMILES string of the molecule is CC(=O)NCCNS(=O)(=O)c1ccccc1OC(F)(F)F. The molecule has 0 heterocycles. The summed E-state index contributed by atoms with van der Waals surface area (Å²) in [4.78, 5) is 9.98. The number of carbonyl (C=O) groups excluding carboxylic acids is 1. The van der Waals surface area contributed by atoms with E-state index < -0.39 is 27.0 Å². The molecule has 1 amide bonds. The fourth-order valence-electron chi connectivity index (χ4n) is 1.38. The van der Waals surface area contributed by atoms with E-state index in [-0.39, 0.29) is 19.0 Å². The van der Waals surface area contributed by atoms with Crippen molar-refractivity contribution < 1.29 is 31.1 Å². The van der Waals surface area contributed by atoms with Crippen LogP contribution in [-0.2, 0) is 14.8 Å². The molecule has 0 aromatic heterocycles. The smallest absolute Gasteiger partial charge is 0.404 e. The predicted octanol–water partition coefficient (Wildman–Crippen LogP) is 1.000. The molecular weight excluding hydrogens is 313 g/mol. The molecule has 2 N–H and O–H groups in total. The molecule has 6 nitrogen and oxygen atoms in total. The summed E-state index contributed by atoms with van der Waals surface area (Å²) in [6.45, 7) is 1.10. The lowest BCUT2D eigenvalue weighted by Gasteiger charge is -2.13. The number of halogens is 3. The van der Waals surface area contributed by atoms with Gasteiger partial charge in [0.05, 0.1) is 0 Å². The van der Waals surface area contributed by atoms with Crippen LogP contribution in [0.25, 0.3) is 0 Å². The summed E-state index contributed by atoms with van der Waals surface area (Å²) in [7, 11) is -4.19. The molecule has 0 bridgehead atoms. The summed E-state index contributed by atoms with van der Waals surface area (Å²) >= 11 is 0. The van der Waals surface area contributed by atoms with Crippen LogP contribution in [0.1, 0.15) is 6.92 Å². The number of amides is 1. The van der Waals surface area contributed by atoms with Gasteiger partial charge in [0.15, 0.2) is 0 Å². The lowest BCUT2D eigenvalue weighted by atomic mass is 10.3. The minimum Gasteiger partial charge on any atom is -0.404 e. The van der Waals surface area contributed by atoms with Crippen molar-refractivity contribution in [1.82, 2.24) is 10.0 Å². The number of hydrogen-bond donors (Lipinski definition) is 2. The van der Waals surface area contributed by atoms with E-state index in [1.807, 2.05) is 0 Å². The quantitative estimate of drug-likeness (QED) is 0.764. The number of nitrogens with one attached hydrogen (secondary N) is 2. The first-order chi connectivity index (χ1) is 9.62. The summed E-state index contributed by atoms with van der Waals surface area (Å²) in [5.41, 5.74) is 0. The standard InChI is InChI=1S/C11H13F3N2O4S/c1-8(17)15-6-7-16-21(18,19)10-5-3-2-4-9(10)20-11(12,13)14/h2-5,16H,6-7H2,1H3,(H,15,17). The number of para-hydroxylation sites is 1. The van der Waals surface area contributed by atoms with Gasteiger partial charge in [-0.15, -0.1) is 13.2 Å². The van der Waals surface area contributed by atoms with Crippen LogP contribution in [0.3, 0.4) is 0 Å². The number of alkyl halides is 3. The van der Waals surface area contributed by atoms with E-state index in [0.717, 1.165) is 12.1 Å². The van der Waals surface area contributed by atoms with Crippen molar-refractivity contribution in [2.75, 3.05) is 13.1 Å². The van der Waals surface area contributed by atoms with Crippen LogP contribution in [0, 0.1) is 0 Å². The van der Waals surface area contributed by atoms with Gasteiger partial charge in [-0.05, 0) is 12.1 Å². The molecule has 0 aliphatic rings. The van der Waals surface area contributed by atoms with Crippen LogP contribution in [0.5, 0.6) is 5.75 Å². The van der Waals surface area contributed by atoms with Crippen LogP contribution >= 0.6 is 0 Å². The molecule has 0 saturated carbocycles. The van der Waals surface area contributed by atoms with Gasteiger partial charge in [0, 0.05) is 20.0 Å². The molecule has 118 valence electrons. The van der Waals surface area contributed by atoms with Crippen LogP contribution in [-0.4, -0.2) is 33.8 Å². The zero-order chi connectivity index (χ0) is 16.1. The molecule has 0 fully saturated rings. The third kappa shape index (κ3) is 6.00. The first-order valence-corrected chi connectivity index (χ1v) is 7.19. The molecule has 0 aliphatic heterocycles. The lowest BCUT2D eigenvalue weighted by molar-refractivity contribution is -0.275. The Kier molecular flexibility index (Phi) is 5.55. The van der Waals surface area contributed by atoms with Gasteiger partial charge < -0.3 is 10.1 Å². The second-order valence-corrected chi connectivity index (χ2v) is 5.61. The summed E-state index contributed by atoms with van der Waals surface area (Å²) in [6.07, 6.45) is -5.00. The fraction of sp³-hybridized carbons (Fsp3) is 0.364. The average Bonchev–Trinajstić information content (AvgIpc) is 2.33. The number of benzene rings is 1. The van der Waals surface area contributed by atoms with Crippen molar-refractivity contribution in [1.29, 1.82) is 0 Å². The van der Waals surface area contributed by atoms with Crippen molar-refractivity contribution in [2.24, 2.45) is 0 Å². The largest absolute Gasteiger partial charge is 0.573 e. The van der Waals surface area contributed by atoms with Crippen molar-refractivity contribution >= 4 is 15.9 Å². The number of carbonyl (C=O) groups is 1. The number of rotatable bonds is 6. The Morgan fingerprint density at radius 1 is 1.24 bits per heavy atom. The average molecular weight is 326 g/mol. The first kappa shape index (κ1) is 17.2. The van der Waals surface area contributed by atoms with E-state index >= 15 is 0 Å². The Morgan fingerprint density at radius 2 is 1.86 bits per heavy atom. The highest BCUT2D eigenvalue weighted by Crippen LogP contribution is 2.28. The predicted molar refractivity (Wildman–Crippen MR) is 67.0 cm³/mol. The molecule has 10 heteroatoms. The number of ether oxygens (including phenoxy) is 1. The van der Waals surface area contributed by atoms with Gasteiger partial charge in [-0.2, -0.15) is 0 Å². The highest BCUT2D eigenvalue weighted by molar-refractivity contribution is 7.89. The normalized spacial score (nSPS) is 12.0. The topological polar surface area (TPSA) is 84.5 Å². The van der Waals surface area contributed by atoms with Crippen LogP contribution in [0.2, 0.25) is 0 Å². The minimum atomic E-state index is -5.00. The fourth-order valence-corrected chi connectivity index (χ4v) is 2.54. The van der Waals surface area contributed by atoms with E-state index in [0.29, 0.717) is 0 Å².